The van der Waals surface area contributed by atoms with E-state index < -0.39 is 0 Å². The number of fused-ring (bicyclic) bond motifs is 4. The van der Waals surface area contributed by atoms with Gasteiger partial charge in [-0.25, -0.2) is 20.0 Å². The molecule has 0 amide bonds. The van der Waals surface area contributed by atoms with Crippen LogP contribution in [0.25, 0.3) is 5.57 Å². The molecule has 0 aromatic heterocycles. The molecule has 5 aliphatic heterocycles. The molecule has 8 nitrogen and oxygen atoms in total. The predicted molar refractivity (Wildman–Crippen MR) is 136 cm³/mol. The van der Waals surface area contributed by atoms with Gasteiger partial charge in [0.15, 0.2) is 0 Å². The summed E-state index contributed by atoms with van der Waals surface area (Å²) in [6.07, 6.45) is 13.2. The molecule has 0 saturated heterocycles. The van der Waals surface area contributed by atoms with Crippen LogP contribution in [0.5, 0.6) is 0 Å². The van der Waals surface area contributed by atoms with Gasteiger partial charge in [0.25, 0.3) is 0 Å². The van der Waals surface area contributed by atoms with Crippen LogP contribution in [0.15, 0.2) is 138 Å². The molecule has 164 valence electrons. The summed E-state index contributed by atoms with van der Waals surface area (Å²) < 4.78 is 0. The Morgan fingerprint density at radius 1 is 0.559 bits per heavy atom. The van der Waals surface area contributed by atoms with Crippen molar-refractivity contribution in [2.24, 2.45) is 42.9 Å². The topological polar surface area (TPSA) is 154 Å². The Balaban J connectivity index is 1.62. The van der Waals surface area contributed by atoms with E-state index in [4.69, 9.17) is 32.9 Å². The van der Waals surface area contributed by atoms with Crippen LogP contribution in [0.1, 0.15) is 5.56 Å². The molecule has 1 aromatic rings. The number of nitrogens with two attached hydrogens (primary N) is 4. The van der Waals surface area contributed by atoms with Gasteiger partial charge in [0.05, 0.1) is 57.0 Å². The summed E-state index contributed by atoms with van der Waals surface area (Å²) in [5.74, 6) is 0. The van der Waals surface area contributed by atoms with Crippen molar-refractivity contribution in [3.63, 3.8) is 0 Å². The highest BCUT2D eigenvalue weighted by Crippen LogP contribution is 2.34. The normalized spacial score (nSPS) is 20.9. The van der Waals surface area contributed by atoms with Gasteiger partial charge in [0.1, 0.15) is 11.4 Å². The third kappa shape index (κ3) is 3.08. The van der Waals surface area contributed by atoms with Crippen molar-refractivity contribution in [3.8, 4) is 0 Å². The van der Waals surface area contributed by atoms with Crippen LogP contribution in [0.4, 0.5) is 0 Å². The fraction of sp³-hybridized carbons (Fsp3) is 0. The Kier molecular flexibility index (Phi) is 4.21. The zero-order valence-corrected chi connectivity index (χ0v) is 18.0. The summed E-state index contributed by atoms with van der Waals surface area (Å²) >= 11 is 0. The van der Waals surface area contributed by atoms with E-state index in [2.05, 4.69) is 9.98 Å². The molecule has 1 aromatic carbocycles. The molecule has 6 rings (SSSR count). The fourth-order valence-corrected chi connectivity index (χ4v) is 4.19. The van der Waals surface area contributed by atoms with Gasteiger partial charge in [-0.05, 0) is 48.1 Å². The number of aliphatic imine (C=N–C) groups is 4. The van der Waals surface area contributed by atoms with Crippen LogP contribution in [0, 0.1) is 0 Å². The molecule has 0 fully saturated rings. The van der Waals surface area contributed by atoms with Gasteiger partial charge in [0, 0.05) is 5.57 Å². The predicted octanol–water partition coefficient (Wildman–Crippen LogP) is 2.25. The Labute approximate surface area is 195 Å². The second-order valence-corrected chi connectivity index (χ2v) is 8.11. The molecule has 0 aliphatic carbocycles. The molecule has 34 heavy (non-hydrogen) atoms. The monoisotopic (exact) mass is 444 g/mol. The standard InChI is InChI=1S/C26H20N8/c27-21-19-12-17-9-7-15(32-17)10-14-6-8-16(31-14)11-18-20(13-4-2-1-3-5-13)22(28)25(33-18)24(30)26(34-19)23(21)29/h1-12H,27-30H2. The number of nitrogens with zero attached hydrogens (tertiary/aromatic N) is 4. The fourth-order valence-electron chi connectivity index (χ4n) is 4.19. The average Bonchev–Trinajstić information content (AvgIpc) is 3.59. The van der Waals surface area contributed by atoms with E-state index in [0.29, 0.717) is 39.9 Å². The van der Waals surface area contributed by atoms with E-state index in [9.17, 15) is 0 Å². The van der Waals surface area contributed by atoms with Gasteiger partial charge in [-0.3, -0.25) is 0 Å². The average molecular weight is 445 g/mol. The molecule has 0 atom stereocenters. The lowest BCUT2D eigenvalue weighted by Crippen LogP contribution is -2.22. The summed E-state index contributed by atoms with van der Waals surface area (Å²) in [6, 6.07) is 9.79. The van der Waals surface area contributed by atoms with Crippen molar-refractivity contribution in [1.29, 1.82) is 0 Å². The van der Waals surface area contributed by atoms with Crippen molar-refractivity contribution >= 4 is 28.4 Å². The first kappa shape index (κ1) is 19.7. The van der Waals surface area contributed by atoms with Crippen LogP contribution in [0.3, 0.4) is 0 Å². The molecule has 0 radical (unpaired) electrons. The Hall–Kier alpha value is -4.98. The smallest absolute Gasteiger partial charge is 0.114 e. The maximum absolute atomic E-state index is 6.62. The van der Waals surface area contributed by atoms with Gasteiger partial charge in [-0.1, -0.05) is 30.3 Å². The molecule has 5 aliphatic rings. The largest absolute Gasteiger partial charge is 0.396 e. The van der Waals surface area contributed by atoms with E-state index in [0.717, 1.165) is 28.2 Å². The van der Waals surface area contributed by atoms with Gasteiger partial charge in [-0.15, -0.1) is 0 Å². The van der Waals surface area contributed by atoms with Crippen LogP contribution in [0.2, 0.25) is 0 Å². The van der Waals surface area contributed by atoms with Gasteiger partial charge >= 0.3 is 0 Å². The molecule has 8 bridgehead atoms. The van der Waals surface area contributed by atoms with Crippen LogP contribution >= 0.6 is 0 Å². The minimum Gasteiger partial charge on any atom is -0.396 e. The Morgan fingerprint density at radius 2 is 1.24 bits per heavy atom. The third-order valence-corrected chi connectivity index (χ3v) is 5.87. The van der Waals surface area contributed by atoms with Crippen molar-refractivity contribution < 1.29 is 0 Å². The van der Waals surface area contributed by atoms with Crippen LogP contribution in [-0.2, 0) is 0 Å². The quantitative estimate of drug-likeness (QED) is 0.524. The molecule has 8 heteroatoms. The molecular weight excluding hydrogens is 424 g/mol. The summed E-state index contributed by atoms with van der Waals surface area (Å²) in [7, 11) is 0. The summed E-state index contributed by atoms with van der Waals surface area (Å²) in [4.78, 5) is 18.7. The zero-order chi connectivity index (χ0) is 23.4. The molecule has 5 heterocycles. The van der Waals surface area contributed by atoms with Gasteiger partial charge in [-0.2, -0.15) is 0 Å². The van der Waals surface area contributed by atoms with Crippen molar-refractivity contribution in [2.75, 3.05) is 0 Å². The number of hydrogen-bond donors (Lipinski definition) is 4. The summed E-state index contributed by atoms with van der Waals surface area (Å²) in [5.41, 5.74) is 33.6. The van der Waals surface area contributed by atoms with E-state index in [1.807, 2.05) is 66.8 Å². The first-order chi connectivity index (χ1) is 16.5. The Bertz CT molecular complexity index is 1540. The number of rotatable bonds is 1. The minimum atomic E-state index is 0.255. The maximum Gasteiger partial charge on any atom is 0.114 e. The molecule has 0 unspecified atom stereocenters. The van der Waals surface area contributed by atoms with Crippen molar-refractivity contribution in [1.82, 2.24) is 0 Å². The number of allylic oxidation sites excluding steroid dienone is 8. The van der Waals surface area contributed by atoms with Crippen LogP contribution < -0.4 is 22.9 Å². The minimum absolute atomic E-state index is 0.255. The first-order valence-electron chi connectivity index (χ1n) is 10.7. The van der Waals surface area contributed by atoms with Crippen molar-refractivity contribution in [2.45, 2.75) is 0 Å². The number of benzene rings is 1. The van der Waals surface area contributed by atoms with Crippen molar-refractivity contribution in [3.05, 3.63) is 124 Å². The highest BCUT2D eigenvalue weighted by Gasteiger charge is 2.29. The zero-order valence-electron chi connectivity index (χ0n) is 18.0. The van der Waals surface area contributed by atoms with E-state index in [1.165, 1.54) is 0 Å². The first-order valence-corrected chi connectivity index (χ1v) is 10.7. The lowest BCUT2D eigenvalue weighted by atomic mass is 9.99. The maximum atomic E-state index is 6.62. The second-order valence-electron chi connectivity index (χ2n) is 8.11. The van der Waals surface area contributed by atoms with E-state index in [1.54, 1.807) is 6.08 Å². The molecule has 8 N–H and O–H groups in total. The number of hydrogen-bond acceptors (Lipinski definition) is 8. The molecule has 0 saturated carbocycles. The summed E-state index contributed by atoms with van der Waals surface area (Å²) in [6.45, 7) is 0. The third-order valence-electron chi connectivity index (χ3n) is 5.87. The van der Waals surface area contributed by atoms with Gasteiger partial charge in [0.2, 0.25) is 0 Å². The van der Waals surface area contributed by atoms with Gasteiger partial charge < -0.3 is 22.9 Å². The lowest BCUT2D eigenvalue weighted by molar-refractivity contribution is 1.22. The Morgan fingerprint density at radius 3 is 1.97 bits per heavy atom. The van der Waals surface area contributed by atoms with E-state index >= 15 is 0 Å². The second kappa shape index (κ2) is 7.28. The van der Waals surface area contributed by atoms with E-state index in [-0.39, 0.29) is 11.4 Å². The summed E-state index contributed by atoms with van der Waals surface area (Å²) in [5, 5.41) is 0. The molecule has 0 spiro atoms. The molecular formula is C26H20N8. The highest BCUT2D eigenvalue weighted by molar-refractivity contribution is 6.33. The SMILES string of the molecule is NC1=C(N)C2=NC1=CC1=NC(=CC3=NC(=CC4=NC(=C2N)C(N)=C4c2ccccc2)C=C3)C=C1. The van der Waals surface area contributed by atoms with Crippen LogP contribution in [-0.4, -0.2) is 22.8 Å². The highest BCUT2D eigenvalue weighted by atomic mass is 15.0. The lowest BCUT2D eigenvalue weighted by Gasteiger charge is -2.08.